The van der Waals surface area contributed by atoms with Crippen LogP contribution in [0.15, 0.2) is 23.1 Å². The highest BCUT2D eigenvalue weighted by Gasteiger charge is 2.41. The van der Waals surface area contributed by atoms with E-state index in [1.54, 1.807) is 19.1 Å². The summed E-state index contributed by atoms with van der Waals surface area (Å²) in [5.41, 5.74) is 0.794. The number of carbonyl (C=O) groups excluding carboxylic acids is 3. The monoisotopic (exact) mass is 435 g/mol. The molecule has 1 aromatic carbocycles. The van der Waals surface area contributed by atoms with Gasteiger partial charge in [-0.15, -0.1) is 0 Å². The first kappa shape index (κ1) is 21.8. The van der Waals surface area contributed by atoms with Crippen LogP contribution in [-0.4, -0.2) is 65.9 Å². The maximum atomic E-state index is 12.7. The number of hydrogen-bond acceptors (Lipinski definition) is 9. The molecule has 11 heteroatoms. The summed E-state index contributed by atoms with van der Waals surface area (Å²) in [6.45, 7) is 5.25. The molecule has 3 rings (SSSR count). The quantitative estimate of drug-likeness (QED) is 0.287. The second-order valence-corrected chi connectivity index (χ2v) is 7.58. The van der Waals surface area contributed by atoms with Crippen molar-refractivity contribution in [2.24, 2.45) is 0 Å². The summed E-state index contributed by atoms with van der Waals surface area (Å²) in [6, 6.07) is 3.59. The van der Waals surface area contributed by atoms with Crippen LogP contribution >= 0.6 is 11.8 Å². The summed E-state index contributed by atoms with van der Waals surface area (Å²) in [7, 11) is 0. The number of nitrogens with zero attached hydrogens (tertiary/aromatic N) is 3. The van der Waals surface area contributed by atoms with Crippen LogP contribution in [0.4, 0.5) is 16.2 Å². The third-order valence-electron chi connectivity index (χ3n) is 4.68. The molecule has 2 aliphatic rings. The van der Waals surface area contributed by atoms with Crippen LogP contribution < -0.4 is 4.90 Å². The molecule has 0 aliphatic carbocycles. The normalized spacial score (nSPS) is 19.3. The molecule has 0 spiro atoms. The number of carbonyl (C=O) groups is 3. The van der Waals surface area contributed by atoms with E-state index in [0.29, 0.717) is 49.3 Å². The number of ether oxygens (including phenoxy) is 2. The van der Waals surface area contributed by atoms with Crippen molar-refractivity contribution >= 4 is 46.3 Å². The number of hydrogen-bond donors (Lipinski definition) is 0. The van der Waals surface area contributed by atoms with E-state index in [-0.39, 0.29) is 17.2 Å². The number of rotatable bonds is 6. The Morgan fingerprint density at radius 1 is 1.37 bits per heavy atom. The summed E-state index contributed by atoms with van der Waals surface area (Å²) >= 11 is 0.681. The van der Waals surface area contributed by atoms with Gasteiger partial charge in [-0.2, -0.15) is 0 Å². The molecule has 2 saturated heterocycles. The van der Waals surface area contributed by atoms with Gasteiger partial charge in [-0.1, -0.05) is 6.07 Å². The van der Waals surface area contributed by atoms with E-state index >= 15 is 0 Å². The molecule has 10 nitrogen and oxygen atoms in total. The van der Waals surface area contributed by atoms with Crippen LogP contribution in [0.3, 0.4) is 0 Å². The predicted molar refractivity (Wildman–Crippen MR) is 110 cm³/mol. The van der Waals surface area contributed by atoms with Crippen LogP contribution in [0.1, 0.15) is 19.4 Å². The van der Waals surface area contributed by atoms with E-state index in [9.17, 15) is 24.5 Å². The number of esters is 1. The van der Waals surface area contributed by atoms with Gasteiger partial charge in [-0.3, -0.25) is 24.6 Å². The van der Waals surface area contributed by atoms with E-state index in [0.717, 1.165) is 4.90 Å². The highest BCUT2D eigenvalue weighted by Crippen LogP contribution is 2.36. The summed E-state index contributed by atoms with van der Waals surface area (Å²) in [6.07, 6.45) is 1.42. The highest BCUT2D eigenvalue weighted by atomic mass is 32.2. The van der Waals surface area contributed by atoms with Crippen LogP contribution in [-0.2, 0) is 19.1 Å². The summed E-state index contributed by atoms with van der Waals surface area (Å²) < 4.78 is 10.2. The Labute approximate surface area is 176 Å². The molecule has 0 aromatic heterocycles. The minimum absolute atomic E-state index is 0.0876. The van der Waals surface area contributed by atoms with Crippen molar-refractivity contribution in [3.8, 4) is 0 Å². The second kappa shape index (κ2) is 9.26. The number of benzene rings is 1. The molecule has 30 heavy (non-hydrogen) atoms. The van der Waals surface area contributed by atoms with Gasteiger partial charge in [0.05, 0.1) is 29.6 Å². The molecule has 0 radical (unpaired) electrons. The lowest BCUT2D eigenvalue weighted by Crippen LogP contribution is -2.42. The second-order valence-electron chi connectivity index (χ2n) is 6.58. The number of morpholine rings is 1. The van der Waals surface area contributed by atoms with Crippen molar-refractivity contribution < 1.29 is 28.8 Å². The third-order valence-corrected chi connectivity index (χ3v) is 5.57. The molecular weight excluding hydrogens is 414 g/mol. The van der Waals surface area contributed by atoms with Crippen LogP contribution in [0.5, 0.6) is 0 Å². The minimum Gasteiger partial charge on any atom is -0.464 e. The van der Waals surface area contributed by atoms with Gasteiger partial charge in [-0.25, -0.2) is 4.79 Å². The fourth-order valence-corrected chi connectivity index (χ4v) is 4.09. The molecule has 2 amide bonds. The van der Waals surface area contributed by atoms with Crippen molar-refractivity contribution in [1.29, 1.82) is 0 Å². The van der Waals surface area contributed by atoms with Gasteiger partial charge in [0.2, 0.25) is 0 Å². The first-order valence-corrected chi connectivity index (χ1v) is 10.2. The van der Waals surface area contributed by atoms with Gasteiger partial charge in [0, 0.05) is 19.2 Å². The lowest BCUT2D eigenvalue weighted by molar-refractivity contribution is -0.384. The Morgan fingerprint density at radius 2 is 2.07 bits per heavy atom. The summed E-state index contributed by atoms with van der Waals surface area (Å²) in [4.78, 5) is 50.7. The van der Waals surface area contributed by atoms with Gasteiger partial charge in [0.25, 0.3) is 16.8 Å². The summed E-state index contributed by atoms with van der Waals surface area (Å²) in [5, 5.41) is 11.0. The standard InChI is InChI=1S/C19H21N3O7S/c1-3-29-18(24)12(2)21-17(23)16(30-19(21)25)11-13-4-5-14(15(10-13)22(26)27)20-6-8-28-9-7-20/h4-5,10-12H,3,6-9H2,1-2H3/b16-11-/t12-/m1/s1. The van der Waals surface area contributed by atoms with Crippen molar-refractivity contribution in [3.05, 3.63) is 38.8 Å². The maximum Gasteiger partial charge on any atom is 0.329 e. The zero-order valence-corrected chi connectivity index (χ0v) is 17.3. The zero-order chi connectivity index (χ0) is 21.8. The van der Waals surface area contributed by atoms with E-state index < -0.39 is 28.1 Å². The summed E-state index contributed by atoms with van der Waals surface area (Å²) in [5.74, 6) is -1.31. The molecular formula is C19H21N3O7S. The Balaban J connectivity index is 1.86. The SMILES string of the molecule is CCOC(=O)[C@@H](C)N1C(=O)S/C(=C\c2ccc(N3CCOCC3)c([N+](=O)[O-])c2)C1=O. The number of amides is 2. The van der Waals surface area contributed by atoms with Gasteiger partial charge in [-0.05, 0) is 43.3 Å². The van der Waals surface area contributed by atoms with Gasteiger partial charge < -0.3 is 14.4 Å². The minimum atomic E-state index is -1.05. The predicted octanol–water partition coefficient (Wildman–Crippen LogP) is 2.42. The largest absolute Gasteiger partial charge is 0.464 e. The van der Waals surface area contributed by atoms with E-state index in [2.05, 4.69) is 0 Å². The lowest BCUT2D eigenvalue weighted by Gasteiger charge is -2.28. The average molecular weight is 435 g/mol. The van der Waals surface area contributed by atoms with Gasteiger partial charge in [0.15, 0.2) is 0 Å². The average Bonchev–Trinajstić information content (AvgIpc) is 3.01. The van der Waals surface area contributed by atoms with Gasteiger partial charge >= 0.3 is 5.97 Å². The van der Waals surface area contributed by atoms with E-state index in [1.165, 1.54) is 19.1 Å². The molecule has 2 heterocycles. The maximum absolute atomic E-state index is 12.7. The first-order valence-electron chi connectivity index (χ1n) is 9.38. The molecule has 0 unspecified atom stereocenters. The molecule has 0 N–H and O–H groups in total. The lowest BCUT2D eigenvalue weighted by atomic mass is 10.1. The zero-order valence-electron chi connectivity index (χ0n) is 16.5. The number of thioether (sulfide) groups is 1. The molecule has 2 aliphatic heterocycles. The Kier molecular flexibility index (Phi) is 6.73. The molecule has 160 valence electrons. The van der Waals surface area contributed by atoms with Crippen LogP contribution in [0.2, 0.25) is 0 Å². The Hall–Kier alpha value is -2.92. The number of imide groups is 1. The van der Waals surface area contributed by atoms with Crippen molar-refractivity contribution in [3.63, 3.8) is 0 Å². The Bertz CT molecular complexity index is 911. The number of nitro benzene ring substituents is 1. The third kappa shape index (κ3) is 4.46. The smallest absolute Gasteiger partial charge is 0.329 e. The van der Waals surface area contributed by atoms with Crippen molar-refractivity contribution in [2.75, 3.05) is 37.8 Å². The highest BCUT2D eigenvalue weighted by molar-refractivity contribution is 8.18. The van der Waals surface area contributed by atoms with E-state index in [1.807, 2.05) is 4.90 Å². The number of nitro groups is 1. The molecule has 0 bridgehead atoms. The first-order chi connectivity index (χ1) is 14.3. The fraction of sp³-hybridized carbons (Fsp3) is 0.421. The van der Waals surface area contributed by atoms with E-state index in [4.69, 9.17) is 9.47 Å². The van der Waals surface area contributed by atoms with Gasteiger partial charge in [0.1, 0.15) is 11.7 Å². The van der Waals surface area contributed by atoms with Crippen LogP contribution in [0.25, 0.3) is 6.08 Å². The molecule has 2 fully saturated rings. The number of anilines is 1. The van der Waals surface area contributed by atoms with Crippen molar-refractivity contribution in [1.82, 2.24) is 4.90 Å². The topological polar surface area (TPSA) is 119 Å². The van der Waals surface area contributed by atoms with Crippen molar-refractivity contribution in [2.45, 2.75) is 19.9 Å². The Morgan fingerprint density at radius 3 is 2.70 bits per heavy atom. The molecule has 1 atom stereocenters. The molecule has 0 saturated carbocycles. The van der Waals surface area contributed by atoms with Crippen LogP contribution in [0, 0.1) is 10.1 Å². The molecule has 1 aromatic rings. The fourth-order valence-electron chi connectivity index (χ4n) is 3.18.